The summed E-state index contributed by atoms with van der Waals surface area (Å²) in [4.78, 5) is 3.88. The van der Waals surface area contributed by atoms with E-state index in [1.54, 1.807) is 18.3 Å². The maximum absolute atomic E-state index is 12.6. The standard InChI is InChI=1S/C14H10F3N3/c15-14(16,17)11-4-1-5-12(7-11)20-13(8-18)10-3-2-6-19-9-10/h1-7,9,13,20H. The molecule has 102 valence electrons. The SMILES string of the molecule is N#CC(Nc1cccc(C(F)(F)F)c1)c1cccnc1. The summed E-state index contributed by atoms with van der Waals surface area (Å²) in [5.41, 5.74) is 0.0630. The van der Waals surface area contributed by atoms with E-state index in [9.17, 15) is 13.2 Å². The highest BCUT2D eigenvalue weighted by atomic mass is 19.4. The molecule has 0 fully saturated rings. The Kier molecular flexibility index (Phi) is 3.89. The van der Waals surface area contributed by atoms with Gasteiger partial charge in [-0.25, -0.2) is 0 Å². The Morgan fingerprint density at radius 1 is 1.20 bits per heavy atom. The second-order valence-electron chi connectivity index (χ2n) is 4.07. The van der Waals surface area contributed by atoms with Gasteiger partial charge in [-0.15, -0.1) is 0 Å². The molecule has 0 spiro atoms. The van der Waals surface area contributed by atoms with E-state index >= 15 is 0 Å². The van der Waals surface area contributed by atoms with Crippen molar-refractivity contribution in [2.45, 2.75) is 12.2 Å². The maximum atomic E-state index is 12.6. The Balaban J connectivity index is 2.23. The third kappa shape index (κ3) is 3.26. The van der Waals surface area contributed by atoms with Crippen LogP contribution in [0.2, 0.25) is 0 Å². The molecular weight excluding hydrogens is 267 g/mol. The number of anilines is 1. The molecular formula is C14H10F3N3. The largest absolute Gasteiger partial charge is 0.416 e. The summed E-state index contributed by atoms with van der Waals surface area (Å²) in [6.45, 7) is 0. The molecule has 0 amide bonds. The van der Waals surface area contributed by atoms with Crippen molar-refractivity contribution < 1.29 is 13.2 Å². The molecule has 0 bridgehead atoms. The van der Waals surface area contributed by atoms with E-state index in [0.717, 1.165) is 12.1 Å². The molecule has 3 nitrogen and oxygen atoms in total. The van der Waals surface area contributed by atoms with Crippen LogP contribution in [0.5, 0.6) is 0 Å². The molecule has 0 saturated heterocycles. The van der Waals surface area contributed by atoms with Crippen molar-refractivity contribution >= 4 is 5.69 Å². The molecule has 0 saturated carbocycles. The molecule has 1 atom stereocenters. The van der Waals surface area contributed by atoms with Gasteiger partial charge in [0.05, 0.1) is 11.6 Å². The van der Waals surface area contributed by atoms with E-state index in [4.69, 9.17) is 5.26 Å². The summed E-state index contributed by atoms with van der Waals surface area (Å²) in [5.74, 6) is 0. The lowest BCUT2D eigenvalue weighted by Gasteiger charge is -2.14. The van der Waals surface area contributed by atoms with Crippen LogP contribution in [0.15, 0.2) is 48.8 Å². The first-order valence-corrected chi connectivity index (χ1v) is 5.74. The molecule has 0 aliphatic rings. The lowest BCUT2D eigenvalue weighted by molar-refractivity contribution is -0.137. The van der Waals surface area contributed by atoms with E-state index < -0.39 is 17.8 Å². The van der Waals surface area contributed by atoms with Crippen molar-refractivity contribution in [3.05, 3.63) is 59.9 Å². The number of rotatable bonds is 3. The first-order valence-electron chi connectivity index (χ1n) is 5.74. The average Bonchev–Trinajstić information content (AvgIpc) is 2.45. The number of nitriles is 1. The normalized spacial score (nSPS) is 12.5. The fourth-order valence-electron chi connectivity index (χ4n) is 1.69. The highest BCUT2D eigenvalue weighted by Crippen LogP contribution is 2.31. The monoisotopic (exact) mass is 277 g/mol. The summed E-state index contributed by atoms with van der Waals surface area (Å²) in [7, 11) is 0. The van der Waals surface area contributed by atoms with Gasteiger partial charge >= 0.3 is 6.18 Å². The van der Waals surface area contributed by atoms with Gasteiger partial charge in [0, 0.05) is 23.6 Å². The second kappa shape index (κ2) is 5.61. The van der Waals surface area contributed by atoms with Gasteiger partial charge in [0.2, 0.25) is 0 Å². The van der Waals surface area contributed by atoms with Crippen molar-refractivity contribution in [3.8, 4) is 6.07 Å². The van der Waals surface area contributed by atoms with Gasteiger partial charge in [-0.3, -0.25) is 4.98 Å². The van der Waals surface area contributed by atoms with Crippen LogP contribution in [0.4, 0.5) is 18.9 Å². The molecule has 2 aromatic rings. The van der Waals surface area contributed by atoms with Gasteiger partial charge in [0.25, 0.3) is 0 Å². The number of nitrogens with zero attached hydrogens (tertiary/aromatic N) is 2. The Morgan fingerprint density at radius 3 is 2.60 bits per heavy atom. The predicted molar refractivity (Wildman–Crippen MR) is 67.7 cm³/mol. The zero-order valence-corrected chi connectivity index (χ0v) is 10.2. The Labute approximate surface area is 113 Å². The highest BCUT2D eigenvalue weighted by molar-refractivity contribution is 5.49. The quantitative estimate of drug-likeness (QED) is 0.928. The Hall–Kier alpha value is -2.55. The molecule has 0 radical (unpaired) electrons. The molecule has 0 aliphatic heterocycles. The average molecular weight is 277 g/mol. The third-order valence-corrected chi connectivity index (χ3v) is 2.65. The van der Waals surface area contributed by atoms with Gasteiger partial charge in [-0.2, -0.15) is 18.4 Å². The molecule has 1 aromatic heterocycles. The minimum Gasteiger partial charge on any atom is -0.366 e. The van der Waals surface area contributed by atoms with E-state index in [2.05, 4.69) is 10.3 Å². The smallest absolute Gasteiger partial charge is 0.366 e. The van der Waals surface area contributed by atoms with Crippen molar-refractivity contribution in [1.29, 1.82) is 5.26 Å². The summed E-state index contributed by atoms with van der Waals surface area (Å²) < 4.78 is 37.8. The maximum Gasteiger partial charge on any atom is 0.416 e. The zero-order valence-electron chi connectivity index (χ0n) is 10.2. The first-order chi connectivity index (χ1) is 9.50. The lowest BCUT2D eigenvalue weighted by Crippen LogP contribution is -2.10. The zero-order chi connectivity index (χ0) is 14.6. The fraction of sp³-hybridized carbons (Fsp3) is 0.143. The topological polar surface area (TPSA) is 48.7 Å². The van der Waals surface area contributed by atoms with Crippen LogP contribution in [0.3, 0.4) is 0 Å². The summed E-state index contributed by atoms with van der Waals surface area (Å²) in [5, 5.41) is 11.9. The van der Waals surface area contributed by atoms with Crippen LogP contribution in [0.1, 0.15) is 17.2 Å². The first kappa shape index (κ1) is 13.9. The van der Waals surface area contributed by atoms with Crippen LogP contribution < -0.4 is 5.32 Å². The van der Waals surface area contributed by atoms with Crippen LogP contribution in [-0.4, -0.2) is 4.98 Å². The molecule has 6 heteroatoms. The summed E-state index contributed by atoms with van der Waals surface area (Å²) in [6, 6.07) is 9.31. The number of aromatic nitrogens is 1. The lowest BCUT2D eigenvalue weighted by atomic mass is 10.1. The number of pyridine rings is 1. The molecule has 2 rings (SSSR count). The van der Waals surface area contributed by atoms with Crippen LogP contribution in [0, 0.1) is 11.3 Å². The summed E-state index contributed by atoms with van der Waals surface area (Å²) in [6.07, 6.45) is -1.36. The third-order valence-electron chi connectivity index (χ3n) is 2.65. The number of nitrogens with one attached hydrogen (secondary N) is 1. The van der Waals surface area contributed by atoms with Gasteiger partial charge in [0.1, 0.15) is 6.04 Å². The van der Waals surface area contributed by atoms with Gasteiger partial charge < -0.3 is 5.32 Å². The van der Waals surface area contributed by atoms with Crippen LogP contribution in [-0.2, 0) is 6.18 Å². The van der Waals surface area contributed by atoms with E-state index in [0.29, 0.717) is 5.56 Å². The van der Waals surface area contributed by atoms with E-state index in [1.165, 1.54) is 18.3 Å². The predicted octanol–water partition coefficient (Wildman–Crippen LogP) is 3.78. The van der Waals surface area contributed by atoms with Crippen molar-refractivity contribution in [2.75, 3.05) is 5.32 Å². The summed E-state index contributed by atoms with van der Waals surface area (Å²) >= 11 is 0. The van der Waals surface area contributed by atoms with Crippen LogP contribution >= 0.6 is 0 Å². The fourth-order valence-corrected chi connectivity index (χ4v) is 1.69. The Morgan fingerprint density at radius 2 is 2.00 bits per heavy atom. The van der Waals surface area contributed by atoms with Gasteiger partial charge in [-0.05, 0) is 24.3 Å². The number of halogens is 3. The Bertz CT molecular complexity index is 618. The molecule has 1 heterocycles. The highest BCUT2D eigenvalue weighted by Gasteiger charge is 2.30. The van der Waals surface area contributed by atoms with Gasteiger partial charge in [-0.1, -0.05) is 12.1 Å². The van der Waals surface area contributed by atoms with Crippen molar-refractivity contribution in [2.24, 2.45) is 0 Å². The number of hydrogen-bond acceptors (Lipinski definition) is 3. The van der Waals surface area contributed by atoms with E-state index in [1.807, 2.05) is 6.07 Å². The molecule has 1 unspecified atom stereocenters. The number of hydrogen-bond donors (Lipinski definition) is 1. The molecule has 1 N–H and O–H groups in total. The minimum absolute atomic E-state index is 0.232. The van der Waals surface area contributed by atoms with Gasteiger partial charge in [0.15, 0.2) is 0 Å². The minimum atomic E-state index is -4.41. The number of benzene rings is 1. The van der Waals surface area contributed by atoms with Crippen LogP contribution in [0.25, 0.3) is 0 Å². The van der Waals surface area contributed by atoms with Crippen molar-refractivity contribution in [3.63, 3.8) is 0 Å². The molecule has 1 aromatic carbocycles. The number of alkyl halides is 3. The van der Waals surface area contributed by atoms with E-state index in [-0.39, 0.29) is 5.69 Å². The second-order valence-corrected chi connectivity index (χ2v) is 4.07. The molecule has 0 aliphatic carbocycles. The van der Waals surface area contributed by atoms with Crippen molar-refractivity contribution in [1.82, 2.24) is 4.98 Å². The molecule has 20 heavy (non-hydrogen) atoms.